The fourth-order valence-corrected chi connectivity index (χ4v) is 6.69. The number of benzene rings is 5. The first-order valence-corrected chi connectivity index (χ1v) is 16.9. The van der Waals surface area contributed by atoms with E-state index in [2.05, 4.69) is 29.2 Å². The quantitative estimate of drug-likeness (QED) is 0.142. The van der Waals surface area contributed by atoms with Gasteiger partial charge in [0.25, 0.3) is 0 Å². The van der Waals surface area contributed by atoms with Crippen molar-refractivity contribution in [1.82, 2.24) is 14.7 Å². The number of nitrogens with zero attached hydrogens (tertiary/aromatic N) is 3. The van der Waals surface area contributed by atoms with E-state index in [4.69, 9.17) is 4.74 Å². The predicted molar refractivity (Wildman–Crippen MR) is 191 cm³/mol. The predicted octanol–water partition coefficient (Wildman–Crippen LogP) is 7.58. The highest BCUT2D eigenvalue weighted by molar-refractivity contribution is 5.89. The maximum atomic E-state index is 14.5. The Morgan fingerprint density at radius 3 is 1.65 bits per heavy atom. The third kappa shape index (κ3) is 8.44. The van der Waals surface area contributed by atoms with Crippen LogP contribution < -0.4 is 0 Å². The number of carbonyl (C=O) groups excluding carboxylic acids is 2. The van der Waals surface area contributed by atoms with Gasteiger partial charge in [-0.2, -0.15) is 0 Å². The van der Waals surface area contributed by atoms with E-state index < -0.39 is 30.4 Å². The van der Waals surface area contributed by atoms with Gasteiger partial charge in [-0.25, -0.2) is 4.79 Å². The van der Waals surface area contributed by atoms with Crippen molar-refractivity contribution >= 4 is 12.0 Å². The Labute approximate surface area is 289 Å². The van der Waals surface area contributed by atoms with Crippen molar-refractivity contribution in [3.63, 3.8) is 0 Å². The minimum absolute atomic E-state index is 0.0900. The summed E-state index contributed by atoms with van der Waals surface area (Å²) in [5.74, 6) is -0.169. The zero-order valence-corrected chi connectivity index (χ0v) is 27.8. The standard InChI is InChI=1S/C42H43N3O4/c1-32-44(30-35-21-11-4-12-22-35)41(47)39(45(32)42(48)49-31-36-23-13-5-14-24-36)27-38(40(46)37-25-15-6-16-26-37)43(28-33-17-7-2-8-18-33)29-34-19-9-3-10-20-34/h2-26,32,38-40,46H,27-31H2,1H3/t32?,38-,39?,40-/m0/s1. The van der Waals surface area contributed by atoms with Crippen molar-refractivity contribution in [2.24, 2.45) is 0 Å². The second-order valence-electron chi connectivity index (χ2n) is 12.6. The van der Waals surface area contributed by atoms with E-state index in [9.17, 15) is 14.7 Å². The number of rotatable bonds is 13. The van der Waals surface area contributed by atoms with Gasteiger partial charge in [-0.1, -0.05) is 152 Å². The molecule has 0 spiro atoms. The molecule has 6 rings (SSSR count). The van der Waals surface area contributed by atoms with E-state index in [0.717, 1.165) is 27.8 Å². The molecule has 2 amide bonds. The Kier molecular flexibility index (Phi) is 11.2. The van der Waals surface area contributed by atoms with E-state index in [1.165, 1.54) is 0 Å². The summed E-state index contributed by atoms with van der Waals surface area (Å²) in [5.41, 5.74) is 4.74. The fourth-order valence-electron chi connectivity index (χ4n) is 6.69. The molecule has 0 bridgehead atoms. The van der Waals surface area contributed by atoms with Crippen LogP contribution in [0.15, 0.2) is 152 Å². The molecule has 7 heteroatoms. The largest absolute Gasteiger partial charge is 0.444 e. The van der Waals surface area contributed by atoms with Crippen LogP contribution in [0, 0.1) is 0 Å². The Hall–Kier alpha value is -5.24. The van der Waals surface area contributed by atoms with Gasteiger partial charge in [0.15, 0.2) is 0 Å². The van der Waals surface area contributed by atoms with Gasteiger partial charge in [-0.3, -0.25) is 14.6 Å². The first-order valence-electron chi connectivity index (χ1n) is 16.9. The molecule has 1 N–H and O–H groups in total. The van der Waals surface area contributed by atoms with Crippen LogP contribution in [-0.4, -0.2) is 50.1 Å². The second kappa shape index (κ2) is 16.2. The van der Waals surface area contributed by atoms with Crippen LogP contribution in [0.25, 0.3) is 0 Å². The molecule has 1 aliphatic heterocycles. The van der Waals surface area contributed by atoms with E-state index in [-0.39, 0.29) is 18.9 Å². The number of carbonyl (C=O) groups is 2. The number of hydrogen-bond donors (Lipinski definition) is 1. The second-order valence-corrected chi connectivity index (χ2v) is 12.6. The molecule has 5 aromatic carbocycles. The third-order valence-electron chi connectivity index (χ3n) is 9.27. The van der Waals surface area contributed by atoms with Crippen molar-refractivity contribution in [2.75, 3.05) is 0 Å². The Bertz CT molecular complexity index is 1720. The highest BCUT2D eigenvalue weighted by Crippen LogP contribution is 2.34. The van der Waals surface area contributed by atoms with Gasteiger partial charge >= 0.3 is 6.09 Å². The SMILES string of the molecule is CC1N(Cc2ccccc2)C(=O)C(C[C@@H]([C@@H](O)c2ccccc2)N(Cc2ccccc2)Cc2ccccc2)N1C(=O)OCc1ccccc1. The van der Waals surface area contributed by atoms with Crippen molar-refractivity contribution < 1.29 is 19.4 Å². The molecular formula is C42H43N3O4. The lowest BCUT2D eigenvalue weighted by Gasteiger charge is -2.38. The van der Waals surface area contributed by atoms with E-state index in [1.54, 1.807) is 9.80 Å². The number of aliphatic hydroxyl groups excluding tert-OH is 1. The van der Waals surface area contributed by atoms with E-state index in [0.29, 0.717) is 19.6 Å². The molecule has 0 radical (unpaired) electrons. The monoisotopic (exact) mass is 653 g/mol. The summed E-state index contributed by atoms with van der Waals surface area (Å²) in [6.07, 6.45) is -1.87. The zero-order chi connectivity index (χ0) is 34.0. The molecule has 1 aliphatic rings. The molecule has 2 unspecified atom stereocenters. The Balaban J connectivity index is 1.37. The average Bonchev–Trinajstić information content (AvgIpc) is 3.38. The van der Waals surface area contributed by atoms with Gasteiger partial charge in [0, 0.05) is 25.7 Å². The molecule has 1 heterocycles. The highest BCUT2D eigenvalue weighted by Gasteiger charge is 2.49. The molecule has 5 aromatic rings. The van der Waals surface area contributed by atoms with Crippen LogP contribution in [0.1, 0.15) is 47.3 Å². The molecule has 250 valence electrons. The molecule has 7 nitrogen and oxygen atoms in total. The van der Waals surface area contributed by atoms with Crippen LogP contribution in [0.4, 0.5) is 4.79 Å². The summed E-state index contributed by atoms with van der Waals surface area (Å²) in [7, 11) is 0. The average molecular weight is 654 g/mol. The minimum atomic E-state index is -0.943. The summed E-state index contributed by atoms with van der Waals surface area (Å²) < 4.78 is 5.87. The van der Waals surface area contributed by atoms with Crippen molar-refractivity contribution in [2.45, 2.75) is 63.9 Å². The van der Waals surface area contributed by atoms with Crippen molar-refractivity contribution in [3.8, 4) is 0 Å². The number of aliphatic hydroxyl groups is 1. The zero-order valence-electron chi connectivity index (χ0n) is 27.8. The van der Waals surface area contributed by atoms with Crippen molar-refractivity contribution in [1.29, 1.82) is 0 Å². The fraction of sp³-hybridized carbons (Fsp3) is 0.238. The molecule has 1 fully saturated rings. The van der Waals surface area contributed by atoms with Crippen LogP contribution in [-0.2, 0) is 35.8 Å². The van der Waals surface area contributed by atoms with E-state index in [1.807, 2.05) is 134 Å². The summed E-state index contributed by atoms with van der Waals surface area (Å²) >= 11 is 0. The molecule has 4 atom stereocenters. The Morgan fingerprint density at radius 2 is 1.14 bits per heavy atom. The summed E-state index contributed by atoms with van der Waals surface area (Å²) in [4.78, 5) is 34.1. The van der Waals surface area contributed by atoms with Crippen LogP contribution in [0.5, 0.6) is 0 Å². The van der Waals surface area contributed by atoms with Gasteiger partial charge in [-0.15, -0.1) is 0 Å². The maximum absolute atomic E-state index is 14.5. The summed E-state index contributed by atoms with van der Waals surface area (Å²) in [6.45, 7) is 3.38. The smallest absolute Gasteiger partial charge is 0.412 e. The number of ether oxygens (including phenoxy) is 1. The van der Waals surface area contributed by atoms with Crippen molar-refractivity contribution in [3.05, 3.63) is 179 Å². The molecule has 49 heavy (non-hydrogen) atoms. The first-order chi connectivity index (χ1) is 24.0. The van der Waals surface area contributed by atoms with Gasteiger partial charge in [0.05, 0.1) is 6.10 Å². The molecule has 0 aliphatic carbocycles. The molecule has 0 saturated carbocycles. The Morgan fingerprint density at radius 1 is 0.694 bits per heavy atom. The van der Waals surface area contributed by atoms with Gasteiger partial charge in [0.2, 0.25) is 5.91 Å². The number of hydrogen-bond acceptors (Lipinski definition) is 5. The molecule has 0 aromatic heterocycles. The van der Waals surface area contributed by atoms with E-state index >= 15 is 0 Å². The first kappa shape index (κ1) is 33.7. The normalized spacial score (nSPS) is 17.2. The molecule has 1 saturated heterocycles. The van der Waals surface area contributed by atoms with Crippen LogP contribution in [0.2, 0.25) is 0 Å². The van der Waals surface area contributed by atoms with Gasteiger partial charge in [0.1, 0.15) is 18.8 Å². The van der Waals surface area contributed by atoms with Crippen LogP contribution >= 0.6 is 0 Å². The lowest BCUT2D eigenvalue weighted by molar-refractivity contribution is -0.131. The maximum Gasteiger partial charge on any atom is 0.412 e. The van der Waals surface area contributed by atoms with Crippen LogP contribution in [0.3, 0.4) is 0 Å². The summed E-state index contributed by atoms with van der Waals surface area (Å²) in [5, 5.41) is 12.2. The van der Waals surface area contributed by atoms with Gasteiger partial charge in [-0.05, 0) is 41.2 Å². The molecular weight excluding hydrogens is 610 g/mol. The highest BCUT2D eigenvalue weighted by atomic mass is 16.6. The topological polar surface area (TPSA) is 73.3 Å². The van der Waals surface area contributed by atoms with Gasteiger partial charge < -0.3 is 14.7 Å². The summed E-state index contributed by atoms with van der Waals surface area (Å²) in [6, 6.07) is 47.8. The lowest BCUT2D eigenvalue weighted by atomic mass is 9.93. The lowest BCUT2D eigenvalue weighted by Crippen LogP contribution is -2.48. The number of amides is 2. The third-order valence-corrected chi connectivity index (χ3v) is 9.27. The minimum Gasteiger partial charge on any atom is -0.444 e.